The van der Waals surface area contributed by atoms with Crippen LogP contribution >= 0.6 is 11.3 Å². The maximum atomic E-state index is 6.36. The molecule has 11 aromatic rings. The lowest BCUT2D eigenvalue weighted by atomic mass is 10.0. The molecular weight excluding hydrogens is 671 g/mol. The number of nitrogens with zero attached hydrogens (tertiary/aromatic N) is 5. The molecule has 7 heteroatoms. The van der Waals surface area contributed by atoms with Gasteiger partial charge >= 0.3 is 0 Å². The molecule has 0 bridgehead atoms. The first-order valence-corrected chi connectivity index (χ1v) is 18.3. The maximum absolute atomic E-state index is 6.36. The van der Waals surface area contributed by atoms with Gasteiger partial charge in [-0.15, -0.1) is 0 Å². The molecule has 248 valence electrons. The van der Waals surface area contributed by atoms with Crippen LogP contribution in [0.5, 0.6) is 0 Å². The van der Waals surface area contributed by atoms with Crippen LogP contribution in [-0.2, 0) is 0 Å². The highest BCUT2D eigenvalue weighted by Gasteiger charge is 2.21. The van der Waals surface area contributed by atoms with E-state index < -0.39 is 0 Å². The first-order chi connectivity index (χ1) is 26.3. The lowest BCUT2D eigenvalue weighted by molar-refractivity contribution is 0.670. The Morgan fingerprint density at radius 3 is 1.91 bits per heavy atom. The van der Waals surface area contributed by atoms with Crippen LogP contribution in [-0.4, -0.2) is 24.5 Å². The number of furan rings is 1. The Hall–Kier alpha value is -6.96. The number of aromatic nitrogens is 5. The van der Waals surface area contributed by atoms with Crippen LogP contribution in [0.3, 0.4) is 0 Å². The molecule has 4 heterocycles. The van der Waals surface area contributed by atoms with Crippen LogP contribution in [0.25, 0.3) is 104 Å². The number of fused-ring (bicyclic) bond motifs is 7. The van der Waals surface area contributed by atoms with Gasteiger partial charge in [-0.1, -0.05) is 145 Å². The van der Waals surface area contributed by atoms with Crippen molar-refractivity contribution >= 4 is 65.3 Å². The number of benzene rings is 7. The Kier molecular flexibility index (Phi) is 6.62. The third-order valence-electron chi connectivity index (χ3n) is 9.94. The fourth-order valence-electron chi connectivity index (χ4n) is 7.48. The molecule has 6 nitrogen and oxygen atoms in total. The molecule has 11 rings (SSSR count). The van der Waals surface area contributed by atoms with Gasteiger partial charge in [0.1, 0.15) is 11.2 Å². The number of hydrogen-bond acceptors (Lipinski definition) is 6. The van der Waals surface area contributed by atoms with Crippen molar-refractivity contribution in [1.29, 1.82) is 0 Å². The van der Waals surface area contributed by atoms with Gasteiger partial charge in [0.05, 0.1) is 21.3 Å². The van der Waals surface area contributed by atoms with E-state index in [1.807, 2.05) is 54.6 Å². The van der Waals surface area contributed by atoms with Gasteiger partial charge in [-0.2, -0.15) is 0 Å². The first kappa shape index (κ1) is 29.7. The predicted molar refractivity (Wildman–Crippen MR) is 216 cm³/mol. The summed E-state index contributed by atoms with van der Waals surface area (Å²) in [5, 5.41) is 5.34. The maximum Gasteiger partial charge on any atom is 0.195 e. The van der Waals surface area contributed by atoms with Crippen molar-refractivity contribution in [2.75, 3.05) is 0 Å². The van der Waals surface area contributed by atoms with Gasteiger partial charge in [-0.25, -0.2) is 19.9 Å². The highest BCUT2D eigenvalue weighted by atomic mass is 32.1. The highest BCUT2D eigenvalue weighted by molar-refractivity contribution is 7.20. The van der Waals surface area contributed by atoms with Gasteiger partial charge in [-0.05, 0) is 35.9 Å². The van der Waals surface area contributed by atoms with Crippen molar-refractivity contribution in [3.05, 3.63) is 164 Å². The summed E-state index contributed by atoms with van der Waals surface area (Å²) in [6.45, 7) is 0. The molecule has 4 aromatic heterocycles. The molecule has 0 N–H and O–H groups in total. The van der Waals surface area contributed by atoms with E-state index in [1.165, 1.54) is 0 Å². The summed E-state index contributed by atoms with van der Waals surface area (Å²) in [7, 11) is 0. The normalized spacial score (nSPS) is 11.8. The molecule has 0 atom stereocenters. The molecule has 0 fully saturated rings. The Morgan fingerprint density at radius 2 is 1.06 bits per heavy atom. The van der Waals surface area contributed by atoms with Crippen LogP contribution in [0.2, 0.25) is 0 Å². The minimum atomic E-state index is 0.606. The second-order valence-electron chi connectivity index (χ2n) is 13.0. The second kappa shape index (κ2) is 11.8. The summed E-state index contributed by atoms with van der Waals surface area (Å²) >= 11 is 1.69. The van der Waals surface area contributed by atoms with Crippen LogP contribution in [0.1, 0.15) is 0 Å². The molecular formula is C46H27N5OS. The highest BCUT2D eigenvalue weighted by Crippen LogP contribution is 2.40. The summed E-state index contributed by atoms with van der Waals surface area (Å²) in [6.07, 6.45) is 0. The smallest absolute Gasteiger partial charge is 0.195 e. The van der Waals surface area contributed by atoms with E-state index in [1.54, 1.807) is 11.3 Å². The van der Waals surface area contributed by atoms with Gasteiger partial charge < -0.3 is 4.42 Å². The van der Waals surface area contributed by atoms with E-state index in [-0.39, 0.29) is 0 Å². The van der Waals surface area contributed by atoms with Crippen molar-refractivity contribution in [3.63, 3.8) is 0 Å². The molecule has 0 saturated carbocycles. The van der Waals surface area contributed by atoms with Crippen molar-refractivity contribution in [2.45, 2.75) is 0 Å². The average molecular weight is 698 g/mol. The summed E-state index contributed by atoms with van der Waals surface area (Å²) in [4.78, 5) is 20.4. The van der Waals surface area contributed by atoms with Crippen molar-refractivity contribution in [1.82, 2.24) is 24.5 Å². The molecule has 0 aliphatic heterocycles. The molecule has 0 aliphatic carbocycles. The minimum absolute atomic E-state index is 0.606. The van der Waals surface area contributed by atoms with Gasteiger partial charge in [-0.3, -0.25) is 4.57 Å². The van der Waals surface area contributed by atoms with E-state index in [0.29, 0.717) is 17.5 Å². The molecule has 0 spiro atoms. The summed E-state index contributed by atoms with van der Waals surface area (Å²) in [6, 6.07) is 56.2. The number of para-hydroxylation sites is 4. The van der Waals surface area contributed by atoms with E-state index >= 15 is 0 Å². The fourth-order valence-corrected chi connectivity index (χ4v) is 8.48. The van der Waals surface area contributed by atoms with Crippen molar-refractivity contribution < 1.29 is 4.42 Å². The molecule has 7 aromatic carbocycles. The zero-order chi connectivity index (χ0) is 34.9. The van der Waals surface area contributed by atoms with Crippen LogP contribution in [0.15, 0.2) is 168 Å². The molecule has 0 unspecified atom stereocenters. The largest absolute Gasteiger partial charge is 0.455 e. The van der Waals surface area contributed by atoms with Crippen LogP contribution < -0.4 is 0 Å². The third-order valence-corrected chi connectivity index (χ3v) is 11.0. The average Bonchev–Trinajstić information content (AvgIpc) is 3.93. The monoisotopic (exact) mass is 697 g/mol. The van der Waals surface area contributed by atoms with E-state index in [2.05, 4.69) is 114 Å². The molecule has 0 aliphatic rings. The minimum Gasteiger partial charge on any atom is -0.455 e. The standard InChI is InChI=1S/C46H27N5OS/c1-2-12-29(13-3-1)43-48-44(30-26-24-28(25-27-30)31-16-10-17-33-32-14-5-8-22-39(32)52-42(31)33)50-45(49-43)35-18-11-21-38-41(35)34-15-4-7-20-37(34)51(38)46-47-36-19-6-9-23-40(36)53-46/h1-27H. The van der Waals surface area contributed by atoms with Gasteiger partial charge in [0, 0.05) is 43.8 Å². The Balaban J connectivity index is 1.09. The molecule has 0 amide bonds. The zero-order valence-electron chi connectivity index (χ0n) is 28.1. The topological polar surface area (TPSA) is 69.6 Å². The van der Waals surface area contributed by atoms with E-state index in [4.69, 9.17) is 24.4 Å². The summed E-state index contributed by atoms with van der Waals surface area (Å²) in [5.74, 6) is 1.84. The summed E-state index contributed by atoms with van der Waals surface area (Å²) < 4.78 is 9.77. The SMILES string of the molecule is c1ccc(-c2nc(-c3ccc(-c4cccc5c4oc4ccccc45)cc3)nc(-c3cccc4c3c3ccccc3n4-c3nc4ccccc4s3)n2)cc1. The molecule has 53 heavy (non-hydrogen) atoms. The van der Waals surface area contributed by atoms with E-state index in [9.17, 15) is 0 Å². The lowest BCUT2D eigenvalue weighted by Gasteiger charge is -2.10. The lowest BCUT2D eigenvalue weighted by Crippen LogP contribution is -2.00. The number of hydrogen-bond donors (Lipinski definition) is 0. The molecule has 0 saturated heterocycles. The van der Waals surface area contributed by atoms with Crippen molar-refractivity contribution in [3.8, 4) is 50.4 Å². The van der Waals surface area contributed by atoms with Crippen LogP contribution in [0, 0.1) is 0 Å². The summed E-state index contributed by atoms with van der Waals surface area (Å²) in [5.41, 5.74) is 9.76. The van der Waals surface area contributed by atoms with E-state index in [0.717, 1.165) is 86.9 Å². The fraction of sp³-hybridized carbons (Fsp3) is 0. The van der Waals surface area contributed by atoms with Gasteiger partial charge in [0.2, 0.25) is 0 Å². The predicted octanol–water partition coefficient (Wildman–Crippen LogP) is 12.1. The molecule has 0 radical (unpaired) electrons. The second-order valence-corrected chi connectivity index (χ2v) is 14.1. The van der Waals surface area contributed by atoms with Gasteiger partial charge in [0.15, 0.2) is 22.6 Å². The van der Waals surface area contributed by atoms with Crippen LogP contribution in [0.4, 0.5) is 0 Å². The zero-order valence-corrected chi connectivity index (χ0v) is 29.0. The Labute approximate surface area is 307 Å². The number of thiazole rings is 1. The quantitative estimate of drug-likeness (QED) is 0.179. The first-order valence-electron chi connectivity index (χ1n) is 17.5. The number of rotatable bonds is 5. The van der Waals surface area contributed by atoms with Gasteiger partial charge in [0.25, 0.3) is 0 Å². The Morgan fingerprint density at radius 1 is 0.434 bits per heavy atom. The third kappa shape index (κ3) is 4.79. The Bertz CT molecular complexity index is 3140. The van der Waals surface area contributed by atoms with Crippen molar-refractivity contribution in [2.24, 2.45) is 0 Å².